The van der Waals surface area contributed by atoms with Crippen molar-refractivity contribution in [2.24, 2.45) is 7.05 Å². The van der Waals surface area contributed by atoms with Gasteiger partial charge in [-0.15, -0.1) is 0 Å². The highest BCUT2D eigenvalue weighted by Crippen LogP contribution is 2.28. The molecule has 134 valence electrons. The Morgan fingerprint density at radius 3 is 2.56 bits per heavy atom. The maximum absolute atomic E-state index is 13.4. The van der Waals surface area contributed by atoms with E-state index in [1.807, 2.05) is 6.07 Å². The van der Waals surface area contributed by atoms with Crippen LogP contribution in [0.2, 0.25) is 0 Å². The van der Waals surface area contributed by atoms with Gasteiger partial charge in [0.05, 0.1) is 18.1 Å². The van der Waals surface area contributed by atoms with E-state index in [0.29, 0.717) is 17.0 Å². The highest BCUT2D eigenvalue weighted by atomic mass is 16.4. The van der Waals surface area contributed by atoms with Gasteiger partial charge in [-0.05, 0) is 24.3 Å². The number of amides is 1. The Hall–Kier alpha value is -4.01. The largest absolute Gasteiger partial charge is 0.478 e. The van der Waals surface area contributed by atoms with Crippen LogP contribution in [0.15, 0.2) is 61.2 Å². The minimum atomic E-state index is -1.22. The molecule has 4 rings (SSSR count). The lowest BCUT2D eigenvalue weighted by Gasteiger charge is -2.23. The Morgan fingerprint density at radius 1 is 1.04 bits per heavy atom. The molecule has 27 heavy (non-hydrogen) atoms. The first-order chi connectivity index (χ1) is 13.1. The number of carbonyl (C=O) groups is 2. The molecule has 0 aliphatic rings. The van der Waals surface area contributed by atoms with Gasteiger partial charge < -0.3 is 5.11 Å². The van der Waals surface area contributed by atoms with Crippen molar-refractivity contribution >= 4 is 28.9 Å². The Morgan fingerprint density at radius 2 is 1.81 bits per heavy atom. The monoisotopic (exact) mass is 362 g/mol. The predicted octanol–water partition coefficient (Wildman–Crippen LogP) is 2.14. The third-order valence-corrected chi connectivity index (χ3v) is 4.11. The minimum absolute atomic E-state index is 0.0231. The van der Waals surface area contributed by atoms with Crippen molar-refractivity contribution in [2.75, 3.05) is 4.90 Å². The van der Waals surface area contributed by atoms with E-state index in [9.17, 15) is 14.7 Å². The van der Waals surface area contributed by atoms with Crippen LogP contribution in [-0.2, 0) is 7.05 Å². The number of aryl methyl sites for hydroxylation is 1. The Balaban J connectivity index is 1.90. The van der Waals surface area contributed by atoms with Gasteiger partial charge in [0.25, 0.3) is 5.91 Å². The van der Waals surface area contributed by atoms with Gasteiger partial charge in [0.15, 0.2) is 5.65 Å². The zero-order valence-corrected chi connectivity index (χ0v) is 14.2. The lowest BCUT2D eigenvalue weighted by atomic mass is 10.2. The number of aromatic nitrogens is 5. The van der Waals surface area contributed by atoms with E-state index in [2.05, 4.69) is 15.2 Å². The van der Waals surface area contributed by atoms with Crippen LogP contribution < -0.4 is 4.90 Å². The van der Waals surface area contributed by atoms with E-state index < -0.39 is 11.9 Å². The van der Waals surface area contributed by atoms with Crippen molar-refractivity contribution in [1.29, 1.82) is 0 Å². The fraction of sp³-hybridized carbons (Fsp3) is 0.0556. The van der Waals surface area contributed by atoms with E-state index >= 15 is 0 Å². The zero-order chi connectivity index (χ0) is 19.0. The molecule has 9 nitrogen and oxygen atoms in total. The summed E-state index contributed by atoms with van der Waals surface area (Å²) in [5.74, 6) is -1.73. The number of benzene rings is 1. The highest BCUT2D eigenvalue weighted by Gasteiger charge is 2.28. The van der Waals surface area contributed by atoms with Crippen molar-refractivity contribution in [3.63, 3.8) is 0 Å². The lowest BCUT2D eigenvalue weighted by molar-refractivity contribution is 0.0691. The van der Waals surface area contributed by atoms with Crippen LogP contribution in [0.25, 0.3) is 5.65 Å². The maximum atomic E-state index is 13.4. The molecular formula is C18H14N6O3. The molecule has 1 aromatic carbocycles. The van der Waals surface area contributed by atoms with Crippen LogP contribution in [0.3, 0.4) is 0 Å². The Labute approximate surface area is 153 Å². The summed E-state index contributed by atoms with van der Waals surface area (Å²) in [6.07, 6.45) is 4.24. The number of carbonyl (C=O) groups excluding carboxylic acids is 1. The number of hydrogen-bond donors (Lipinski definition) is 1. The molecule has 1 N–H and O–H groups in total. The summed E-state index contributed by atoms with van der Waals surface area (Å²) in [5, 5.41) is 17.4. The molecule has 0 atom stereocenters. The third kappa shape index (κ3) is 2.80. The van der Waals surface area contributed by atoms with E-state index in [-0.39, 0.29) is 11.3 Å². The first-order valence-electron chi connectivity index (χ1n) is 8.00. The van der Waals surface area contributed by atoms with Crippen LogP contribution in [0, 0.1) is 0 Å². The van der Waals surface area contributed by atoms with Gasteiger partial charge in [-0.1, -0.05) is 18.2 Å². The normalized spacial score (nSPS) is 10.9. The second-order valence-corrected chi connectivity index (χ2v) is 5.76. The topological polar surface area (TPSA) is 106 Å². The molecule has 9 heteroatoms. The molecule has 0 saturated heterocycles. The number of para-hydroxylation sites is 1. The molecule has 0 aliphatic carbocycles. The summed E-state index contributed by atoms with van der Waals surface area (Å²) in [6, 6.07) is 12.4. The predicted molar refractivity (Wildman–Crippen MR) is 96.1 cm³/mol. The number of aromatic carboxylic acids is 1. The number of rotatable bonds is 4. The second-order valence-electron chi connectivity index (χ2n) is 5.76. The summed E-state index contributed by atoms with van der Waals surface area (Å²) in [7, 11) is 1.53. The number of anilines is 2. The first-order valence-corrected chi connectivity index (χ1v) is 8.00. The number of pyridine rings is 1. The lowest BCUT2D eigenvalue weighted by Crippen LogP contribution is -2.29. The van der Waals surface area contributed by atoms with E-state index in [4.69, 9.17) is 0 Å². The van der Waals surface area contributed by atoms with Gasteiger partial charge in [0.1, 0.15) is 17.6 Å². The third-order valence-electron chi connectivity index (χ3n) is 4.11. The molecule has 3 heterocycles. The second kappa shape index (κ2) is 6.37. The van der Waals surface area contributed by atoms with Crippen LogP contribution in [0.4, 0.5) is 11.4 Å². The van der Waals surface area contributed by atoms with Crippen LogP contribution in [0.1, 0.15) is 20.8 Å². The van der Waals surface area contributed by atoms with Crippen molar-refractivity contribution in [2.45, 2.75) is 0 Å². The van der Waals surface area contributed by atoms with Gasteiger partial charge in [0, 0.05) is 12.7 Å². The summed E-state index contributed by atoms with van der Waals surface area (Å²) in [4.78, 5) is 30.4. The fourth-order valence-corrected chi connectivity index (χ4v) is 2.85. The number of nitrogens with zero attached hydrogens (tertiary/aromatic N) is 6. The van der Waals surface area contributed by atoms with Gasteiger partial charge in [-0.3, -0.25) is 14.4 Å². The maximum Gasteiger partial charge on any atom is 0.339 e. The molecule has 0 radical (unpaired) electrons. The number of fused-ring (bicyclic) bond motifs is 1. The Kier molecular flexibility index (Phi) is 3.88. The fourth-order valence-electron chi connectivity index (χ4n) is 2.85. The quantitative estimate of drug-likeness (QED) is 0.596. The van der Waals surface area contributed by atoms with Crippen LogP contribution in [-0.4, -0.2) is 41.4 Å². The summed E-state index contributed by atoms with van der Waals surface area (Å²) in [5.41, 5.74) is 1.54. The first kappa shape index (κ1) is 16.5. The summed E-state index contributed by atoms with van der Waals surface area (Å²) >= 11 is 0. The molecule has 3 aromatic heterocycles. The van der Waals surface area contributed by atoms with Crippen molar-refractivity contribution in [1.82, 2.24) is 24.4 Å². The number of carboxylic acids is 1. The van der Waals surface area contributed by atoms with E-state index in [0.717, 1.165) is 0 Å². The number of hydrogen-bond acceptors (Lipinski definition) is 5. The van der Waals surface area contributed by atoms with Crippen molar-refractivity contribution in [3.8, 4) is 0 Å². The van der Waals surface area contributed by atoms with Gasteiger partial charge in [-0.25, -0.2) is 14.3 Å². The molecule has 0 saturated carbocycles. The molecule has 1 amide bonds. The molecule has 4 aromatic rings. The van der Waals surface area contributed by atoms with Crippen LogP contribution >= 0.6 is 0 Å². The smallest absolute Gasteiger partial charge is 0.339 e. The van der Waals surface area contributed by atoms with Gasteiger partial charge >= 0.3 is 5.97 Å². The summed E-state index contributed by atoms with van der Waals surface area (Å²) in [6.45, 7) is 0. The number of carboxylic acid groups (broad SMARTS) is 1. The average molecular weight is 362 g/mol. The molecule has 0 bridgehead atoms. The summed E-state index contributed by atoms with van der Waals surface area (Å²) < 4.78 is 2.80. The molecule has 0 spiro atoms. The minimum Gasteiger partial charge on any atom is -0.478 e. The molecule has 0 unspecified atom stereocenters. The van der Waals surface area contributed by atoms with E-state index in [1.54, 1.807) is 47.1 Å². The Bertz CT molecular complexity index is 1150. The van der Waals surface area contributed by atoms with Gasteiger partial charge in [0.2, 0.25) is 0 Å². The van der Waals surface area contributed by atoms with Gasteiger partial charge in [-0.2, -0.15) is 10.2 Å². The van der Waals surface area contributed by atoms with Crippen molar-refractivity contribution in [3.05, 3.63) is 72.4 Å². The molecular weight excluding hydrogens is 348 g/mol. The molecule has 0 fully saturated rings. The average Bonchev–Trinajstić information content (AvgIpc) is 3.28. The highest BCUT2D eigenvalue weighted by molar-refractivity contribution is 6.14. The SMILES string of the molecule is Cn1ncc(C(=O)O)c1C(=O)N(c1ccccc1)c1ccc2ncnn2c1. The van der Waals surface area contributed by atoms with E-state index in [1.165, 1.54) is 29.2 Å². The zero-order valence-electron chi connectivity index (χ0n) is 14.2. The standard InChI is InChI=1S/C18H14N6O3/c1-22-16(14(9-20-22)18(26)27)17(25)24(12-5-3-2-4-6-12)13-7-8-15-19-11-21-23(15)10-13/h2-11H,1H3,(H,26,27). The van der Waals surface area contributed by atoms with Crippen molar-refractivity contribution < 1.29 is 14.7 Å². The molecule has 0 aliphatic heterocycles. The van der Waals surface area contributed by atoms with Crippen LogP contribution in [0.5, 0.6) is 0 Å².